The highest BCUT2D eigenvalue weighted by Crippen LogP contribution is 2.33. The van der Waals surface area contributed by atoms with Gasteiger partial charge in [-0.15, -0.1) is 5.10 Å². The van der Waals surface area contributed by atoms with Gasteiger partial charge in [-0.3, -0.25) is 13.5 Å². The van der Waals surface area contributed by atoms with Crippen LogP contribution in [0, 0.1) is 0 Å². The van der Waals surface area contributed by atoms with E-state index < -0.39 is 53.1 Å². The number of anilines is 1. The van der Waals surface area contributed by atoms with Crippen LogP contribution in [-0.2, 0) is 25.6 Å². The molecule has 0 saturated carbocycles. The minimum absolute atomic E-state index is 0.0306. The van der Waals surface area contributed by atoms with Crippen LogP contribution in [0.15, 0.2) is 36.8 Å². The number of imidazole rings is 1. The van der Waals surface area contributed by atoms with E-state index in [9.17, 15) is 28.5 Å². The summed E-state index contributed by atoms with van der Waals surface area (Å²) < 4.78 is 39.8. The first-order valence-electron chi connectivity index (χ1n) is 15.5. The highest BCUT2D eigenvalue weighted by atomic mass is 32.2. The molecule has 0 aliphatic carbocycles. The summed E-state index contributed by atoms with van der Waals surface area (Å²) in [6, 6.07) is 5.35. The van der Waals surface area contributed by atoms with Crippen molar-refractivity contribution in [2.45, 2.75) is 89.3 Å². The predicted octanol–water partition coefficient (Wildman–Crippen LogP) is 1.69. The molecule has 18 heteroatoms. The fourth-order valence-electron chi connectivity index (χ4n) is 5.28. The number of phenols is 1. The first-order valence-corrected chi connectivity index (χ1v) is 16.9. The Morgan fingerprint density at radius 3 is 2.53 bits per heavy atom. The molecule has 3 aromatic heterocycles. The lowest BCUT2D eigenvalue weighted by Gasteiger charge is -2.16. The van der Waals surface area contributed by atoms with Gasteiger partial charge in [0.15, 0.2) is 17.7 Å². The number of aliphatic hydroxyl groups is 2. The summed E-state index contributed by atoms with van der Waals surface area (Å²) in [6.45, 7) is 1.45. The van der Waals surface area contributed by atoms with Gasteiger partial charge in [-0.1, -0.05) is 69.2 Å². The molecule has 1 aliphatic heterocycles. The number of aliphatic hydroxyl groups excluding tert-OH is 2. The number of ether oxygens (including phenoxy) is 1. The quantitative estimate of drug-likeness (QED) is 0.106. The van der Waals surface area contributed by atoms with E-state index in [1.54, 1.807) is 10.9 Å². The number of carbonyl (C=O) groups is 1. The maximum Gasteiger partial charge on any atom is 0.362 e. The molecule has 4 atom stereocenters. The molecule has 5 rings (SSSR count). The van der Waals surface area contributed by atoms with Gasteiger partial charge in [-0.25, -0.2) is 9.71 Å². The maximum absolute atomic E-state index is 12.4. The van der Waals surface area contributed by atoms with Gasteiger partial charge in [-0.2, -0.15) is 23.1 Å². The summed E-state index contributed by atoms with van der Waals surface area (Å²) >= 11 is 0. The van der Waals surface area contributed by atoms with Crippen LogP contribution >= 0.6 is 0 Å². The van der Waals surface area contributed by atoms with Gasteiger partial charge in [0.2, 0.25) is 0 Å². The molecule has 1 aromatic carbocycles. The van der Waals surface area contributed by atoms with E-state index in [2.05, 4.69) is 32.2 Å². The number of nitrogens with one attached hydrogen (secondary N) is 1. The van der Waals surface area contributed by atoms with Crippen LogP contribution in [0.5, 0.6) is 5.75 Å². The monoisotopic (exact) mass is 673 g/mol. The number of aryl methyl sites for hydroxylation is 1. The predicted molar refractivity (Wildman–Crippen MR) is 167 cm³/mol. The first kappa shape index (κ1) is 34.1. The van der Waals surface area contributed by atoms with Crippen LogP contribution in [0.3, 0.4) is 0 Å². The SMILES string of the molecule is CCCCCCCCCCc1cn(-c2nc(N)c3ncn([C@@H]4O[C@H](COS(=O)(=O)NC(=O)c5ccccc5O)[C@@H](O)[C@H]4O)c3n2)nn1. The lowest BCUT2D eigenvalue weighted by molar-refractivity contribution is -0.0468. The number of unbranched alkanes of at least 4 members (excludes halogenated alkanes) is 7. The summed E-state index contributed by atoms with van der Waals surface area (Å²) in [6.07, 6.45) is 7.59. The van der Waals surface area contributed by atoms with Crippen molar-refractivity contribution in [1.82, 2.24) is 39.2 Å². The number of hydrogen-bond acceptors (Lipinski definition) is 14. The molecule has 0 unspecified atom stereocenters. The van der Waals surface area contributed by atoms with Crippen molar-refractivity contribution >= 4 is 33.2 Å². The van der Waals surface area contributed by atoms with Crippen molar-refractivity contribution in [3.63, 3.8) is 0 Å². The standard InChI is InChI=1S/C29H39N9O8S/c1-2-3-4-5-6-7-8-9-12-18-15-38(36-34-18)29-32-25(30)22-26(33-29)37(17-31-22)28-24(41)23(40)21(46-28)16-45-47(43,44)35-27(42)19-13-10-11-14-20(19)39/h10-11,13-15,17,21,23-24,28,39-41H,2-9,12,16H2,1H3,(H,35,42)(H2,30,32,33)/t21-,23-,24-,28-/m1/s1. The topological polar surface area (TPSA) is 243 Å². The van der Waals surface area contributed by atoms with Gasteiger partial charge in [0, 0.05) is 0 Å². The summed E-state index contributed by atoms with van der Waals surface area (Å²) in [7, 11) is -4.69. The van der Waals surface area contributed by atoms with Crippen molar-refractivity contribution in [1.29, 1.82) is 0 Å². The highest BCUT2D eigenvalue weighted by Gasteiger charge is 2.45. The van der Waals surface area contributed by atoms with Crippen molar-refractivity contribution in [2.75, 3.05) is 12.3 Å². The molecule has 1 aliphatic rings. The molecule has 254 valence electrons. The van der Waals surface area contributed by atoms with Crippen molar-refractivity contribution in [3.05, 3.63) is 48.0 Å². The second-order valence-electron chi connectivity index (χ2n) is 11.3. The minimum Gasteiger partial charge on any atom is -0.507 e. The third-order valence-corrected chi connectivity index (χ3v) is 8.72. The van der Waals surface area contributed by atoms with Gasteiger partial charge in [-0.05, 0) is 25.0 Å². The third kappa shape index (κ3) is 8.20. The number of amides is 1. The lowest BCUT2D eigenvalue weighted by atomic mass is 10.1. The van der Waals surface area contributed by atoms with E-state index in [0.717, 1.165) is 25.0 Å². The molecular weight excluding hydrogens is 634 g/mol. The number of hydrogen-bond donors (Lipinski definition) is 5. The maximum atomic E-state index is 12.4. The normalized spacial score (nSPS) is 19.8. The number of aromatic nitrogens is 7. The molecule has 0 spiro atoms. The van der Waals surface area contributed by atoms with Crippen LogP contribution in [0.25, 0.3) is 17.1 Å². The molecular formula is C29H39N9O8S. The molecule has 4 aromatic rings. The third-order valence-electron chi connectivity index (χ3n) is 7.83. The number of nitrogens with two attached hydrogens (primary N) is 1. The number of para-hydroxylation sites is 1. The smallest absolute Gasteiger partial charge is 0.362 e. The first-order chi connectivity index (χ1) is 22.6. The van der Waals surface area contributed by atoms with Gasteiger partial charge < -0.3 is 25.8 Å². The van der Waals surface area contributed by atoms with Crippen molar-refractivity contribution in [2.24, 2.45) is 0 Å². The highest BCUT2D eigenvalue weighted by molar-refractivity contribution is 7.85. The Balaban J connectivity index is 1.22. The number of carbonyl (C=O) groups excluding carboxylic acids is 1. The average molecular weight is 674 g/mol. The average Bonchev–Trinajstić information content (AvgIpc) is 3.76. The second kappa shape index (κ2) is 15.1. The number of rotatable bonds is 16. The van der Waals surface area contributed by atoms with E-state index >= 15 is 0 Å². The summed E-state index contributed by atoms with van der Waals surface area (Å²) in [5.41, 5.74) is 7.02. The van der Waals surface area contributed by atoms with E-state index in [1.807, 2.05) is 0 Å². The molecule has 47 heavy (non-hydrogen) atoms. The fraction of sp³-hybridized carbons (Fsp3) is 0.517. The van der Waals surface area contributed by atoms with Crippen molar-refractivity contribution < 1.29 is 37.5 Å². The van der Waals surface area contributed by atoms with E-state index in [0.29, 0.717) is 0 Å². The Morgan fingerprint density at radius 1 is 1.06 bits per heavy atom. The van der Waals surface area contributed by atoms with Crippen LogP contribution in [0.1, 0.15) is 80.6 Å². The van der Waals surface area contributed by atoms with Gasteiger partial charge >= 0.3 is 10.3 Å². The fourth-order valence-corrected chi connectivity index (χ4v) is 5.99. The molecule has 1 amide bonds. The number of fused-ring (bicyclic) bond motifs is 1. The largest absolute Gasteiger partial charge is 0.507 e. The molecule has 17 nitrogen and oxygen atoms in total. The lowest BCUT2D eigenvalue weighted by Crippen LogP contribution is -2.37. The summed E-state index contributed by atoms with van der Waals surface area (Å²) in [5.74, 6) is -1.42. The number of aromatic hydroxyl groups is 1. The van der Waals surface area contributed by atoms with Crippen LogP contribution < -0.4 is 10.5 Å². The van der Waals surface area contributed by atoms with Gasteiger partial charge in [0.25, 0.3) is 11.9 Å². The Kier molecular flexibility index (Phi) is 11.0. The molecule has 0 bridgehead atoms. The molecule has 4 heterocycles. The zero-order chi connectivity index (χ0) is 33.6. The minimum atomic E-state index is -4.69. The number of phenolic OH excluding ortho intramolecular Hbond substituents is 1. The Labute approximate surface area is 271 Å². The molecule has 1 saturated heterocycles. The number of benzene rings is 1. The molecule has 1 fully saturated rings. The number of nitrogens with zero attached hydrogens (tertiary/aromatic N) is 7. The Bertz CT molecular complexity index is 1780. The zero-order valence-corrected chi connectivity index (χ0v) is 26.7. The van der Waals surface area contributed by atoms with E-state index in [1.165, 1.54) is 78.4 Å². The number of nitrogen functional groups attached to an aromatic ring is 1. The van der Waals surface area contributed by atoms with Crippen LogP contribution in [0.2, 0.25) is 0 Å². The molecule has 6 N–H and O–H groups in total. The second-order valence-corrected chi connectivity index (χ2v) is 12.7. The van der Waals surface area contributed by atoms with Gasteiger partial charge in [0.1, 0.15) is 29.6 Å². The zero-order valence-electron chi connectivity index (χ0n) is 25.8. The van der Waals surface area contributed by atoms with Crippen LogP contribution in [-0.4, -0.2) is 89.1 Å². The van der Waals surface area contributed by atoms with E-state index in [-0.39, 0.29) is 28.5 Å². The van der Waals surface area contributed by atoms with E-state index in [4.69, 9.17) is 14.7 Å². The molecule has 0 radical (unpaired) electrons. The van der Waals surface area contributed by atoms with Crippen molar-refractivity contribution in [3.8, 4) is 11.7 Å². The van der Waals surface area contributed by atoms with Crippen LogP contribution in [0.4, 0.5) is 5.82 Å². The van der Waals surface area contributed by atoms with Gasteiger partial charge in [0.05, 0.1) is 30.4 Å². The Hall–Kier alpha value is -4.23. The summed E-state index contributed by atoms with van der Waals surface area (Å²) in [5, 5.41) is 39.6. The Morgan fingerprint density at radius 2 is 1.79 bits per heavy atom. The summed E-state index contributed by atoms with van der Waals surface area (Å²) in [4.78, 5) is 25.3.